The Morgan fingerprint density at radius 3 is 2.84 bits per heavy atom. The van der Waals surface area contributed by atoms with Gasteiger partial charge >= 0.3 is 5.97 Å². The Labute approximate surface area is 112 Å². The van der Waals surface area contributed by atoms with Gasteiger partial charge in [-0.15, -0.1) is 0 Å². The van der Waals surface area contributed by atoms with Gasteiger partial charge in [0.1, 0.15) is 12.4 Å². The van der Waals surface area contributed by atoms with E-state index in [9.17, 15) is 9.90 Å². The normalized spacial score (nSPS) is 11.2. The number of carbonyl (C=O) groups excluding carboxylic acids is 1. The second-order valence-corrected chi connectivity index (χ2v) is 4.09. The van der Waals surface area contributed by atoms with Crippen LogP contribution in [0.3, 0.4) is 0 Å². The molecule has 0 atom stereocenters. The smallest absolute Gasteiger partial charge is 0.311 e. The first-order chi connectivity index (χ1) is 9.15. The minimum absolute atomic E-state index is 0.0792. The van der Waals surface area contributed by atoms with Crippen LogP contribution < -0.4 is 0 Å². The molecule has 5 heteroatoms. The maximum atomic E-state index is 11.3. The third-order valence-electron chi connectivity index (χ3n) is 2.38. The van der Waals surface area contributed by atoms with Crippen molar-refractivity contribution >= 4 is 11.7 Å². The van der Waals surface area contributed by atoms with Gasteiger partial charge in [0.25, 0.3) is 0 Å². The molecule has 0 spiro atoms. The maximum absolute atomic E-state index is 11.3. The van der Waals surface area contributed by atoms with Gasteiger partial charge in [0.2, 0.25) is 0 Å². The van der Waals surface area contributed by atoms with Crippen LogP contribution in [-0.2, 0) is 20.8 Å². The number of ether oxygens (including phenoxy) is 1. The van der Waals surface area contributed by atoms with Crippen molar-refractivity contribution in [3.8, 4) is 5.75 Å². The number of hydrogen-bond donors (Lipinski definition) is 1. The van der Waals surface area contributed by atoms with E-state index in [0.29, 0.717) is 18.7 Å². The Kier molecular flexibility index (Phi) is 6.43. The molecule has 0 aliphatic carbocycles. The summed E-state index contributed by atoms with van der Waals surface area (Å²) >= 11 is 0. The number of phenols is 1. The summed E-state index contributed by atoms with van der Waals surface area (Å²) in [6.07, 6.45) is 1.37. The van der Waals surface area contributed by atoms with Crippen molar-refractivity contribution in [3.63, 3.8) is 0 Å². The first-order valence-corrected chi connectivity index (χ1v) is 6.18. The molecular formula is C14H19NO4. The average Bonchev–Trinajstić information content (AvgIpc) is 2.38. The van der Waals surface area contributed by atoms with E-state index in [2.05, 4.69) is 9.89 Å². The largest absolute Gasteiger partial charge is 0.508 e. The molecule has 0 saturated heterocycles. The summed E-state index contributed by atoms with van der Waals surface area (Å²) in [5, 5.41) is 13.4. The Morgan fingerprint density at radius 1 is 1.42 bits per heavy atom. The molecule has 1 N–H and O–H groups in total. The van der Waals surface area contributed by atoms with Gasteiger partial charge in [-0.25, -0.2) is 0 Å². The molecule has 19 heavy (non-hydrogen) atoms. The molecule has 1 aromatic rings. The molecule has 0 aliphatic rings. The SMILES string of the molecule is CCCON=C(CC(=O)OC)Cc1cccc(O)c1. The van der Waals surface area contributed by atoms with Crippen molar-refractivity contribution in [2.24, 2.45) is 5.16 Å². The van der Waals surface area contributed by atoms with Crippen LogP contribution in [0.1, 0.15) is 25.3 Å². The fraction of sp³-hybridized carbons (Fsp3) is 0.429. The van der Waals surface area contributed by atoms with Gasteiger partial charge in [0.15, 0.2) is 0 Å². The molecule has 5 nitrogen and oxygen atoms in total. The lowest BCUT2D eigenvalue weighted by Gasteiger charge is -2.06. The van der Waals surface area contributed by atoms with E-state index in [1.54, 1.807) is 18.2 Å². The van der Waals surface area contributed by atoms with Gasteiger partial charge in [-0.05, 0) is 24.1 Å². The molecule has 0 aromatic heterocycles. The first kappa shape index (κ1) is 15.0. The third-order valence-corrected chi connectivity index (χ3v) is 2.38. The predicted molar refractivity (Wildman–Crippen MR) is 72.1 cm³/mol. The Hall–Kier alpha value is -2.04. The lowest BCUT2D eigenvalue weighted by Crippen LogP contribution is -2.12. The lowest BCUT2D eigenvalue weighted by atomic mass is 10.1. The van der Waals surface area contributed by atoms with Gasteiger partial charge in [-0.2, -0.15) is 0 Å². The highest BCUT2D eigenvalue weighted by atomic mass is 16.6. The molecule has 0 aliphatic heterocycles. The number of hydrogen-bond acceptors (Lipinski definition) is 5. The van der Waals surface area contributed by atoms with Crippen molar-refractivity contribution in [2.45, 2.75) is 26.2 Å². The topological polar surface area (TPSA) is 68.1 Å². The zero-order chi connectivity index (χ0) is 14.1. The van der Waals surface area contributed by atoms with Gasteiger partial charge < -0.3 is 14.7 Å². The van der Waals surface area contributed by atoms with Crippen molar-refractivity contribution < 1.29 is 19.5 Å². The van der Waals surface area contributed by atoms with E-state index < -0.39 is 0 Å². The molecule has 0 amide bonds. The Morgan fingerprint density at radius 2 is 2.21 bits per heavy atom. The van der Waals surface area contributed by atoms with Crippen LogP contribution in [0.4, 0.5) is 0 Å². The predicted octanol–water partition coefficient (Wildman–Crippen LogP) is 2.28. The highest BCUT2D eigenvalue weighted by Crippen LogP contribution is 2.13. The van der Waals surface area contributed by atoms with E-state index in [1.165, 1.54) is 7.11 Å². The number of phenolic OH excluding ortho intramolecular Hbond substituents is 1. The number of carbonyl (C=O) groups is 1. The molecule has 1 rings (SSSR count). The van der Waals surface area contributed by atoms with E-state index in [-0.39, 0.29) is 18.1 Å². The van der Waals surface area contributed by atoms with E-state index >= 15 is 0 Å². The Bertz CT molecular complexity index is 443. The van der Waals surface area contributed by atoms with Crippen LogP contribution in [-0.4, -0.2) is 30.5 Å². The number of oxime groups is 1. The number of methoxy groups -OCH3 is 1. The van der Waals surface area contributed by atoms with E-state index in [0.717, 1.165) is 12.0 Å². The number of aromatic hydroxyl groups is 1. The van der Waals surface area contributed by atoms with Gasteiger partial charge in [0, 0.05) is 6.42 Å². The summed E-state index contributed by atoms with van der Waals surface area (Å²) in [6, 6.07) is 6.82. The van der Waals surface area contributed by atoms with Crippen LogP contribution in [0, 0.1) is 0 Å². The first-order valence-electron chi connectivity index (χ1n) is 6.18. The molecule has 0 bridgehead atoms. The highest BCUT2D eigenvalue weighted by molar-refractivity contribution is 5.99. The zero-order valence-corrected chi connectivity index (χ0v) is 11.3. The van der Waals surface area contributed by atoms with Crippen molar-refractivity contribution in [1.29, 1.82) is 0 Å². The molecule has 0 radical (unpaired) electrons. The maximum Gasteiger partial charge on any atom is 0.311 e. The molecule has 104 valence electrons. The summed E-state index contributed by atoms with van der Waals surface area (Å²) in [5.74, 6) is -0.177. The summed E-state index contributed by atoms with van der Waals surface area (Å²) in [7, 11) is 1.33. The van der Waals surface area contributed by atoms with Crippen LogP contribution in [0.25, 0.3) is 0 Å². The zero-order valence-electron chi connectivity index (χ0n) is 11.3. The van der Waals surface area contributed by atoms with Crippen LogP contribution in [0.2, 0.25) is 0 Å². The molecule has 0 heterocycles. The van der Waals surface area contributed by atoms with Crippen molar-refractivity contribution in [2.75, 3.05) is 13.7 Å². The lowest BCUT2D eigenvalue weighted by molar-refractivity contribution is -0.139. The van der Waals surface area contributed by atoms with Gasteiger partial charge in [0.05, 0.1) is 19.2 Å². The molecule has 0 unspecified atom stereocenters. The van der Waals surface area contributed by atoms with Gasteiger partial charge in [-0.3, -0.25) is 4.79 Å². The van der Waals surface area contributed by atoms with Crippen molar-refractivity contribution in [1.82, 2.24) is 0 Å². The fourth-order valence-corrected chi connectivity index (χ4v) is 1.50. The minimum Gasteiger partial charge on any atom is -0.508 e. The third kappa shape index (κ3) is 5.90. The number of rotatable bonds is 7. The van der Waals surface area contributed by atoms with Crippen molar-refractivity contribution in [3.05, 3.63) is 29.8 Å². The van der Waals surface area contributed by atoms with Crippen LogP contribution in [0.15, 0.2) is 29.4 Å². The average molecular weight is 265 g/mol. The second-order valence-electron chi connectivity index (χ2n) is 4.09. The van der Waals surface area contributed by atoms with E-state index in [4.69, 9.17) is 4.84 Å². The number of benzene rings is 1. The molecular weight excluding hydrogens is 246 g/mol. The summed E-state index contributed by atoms with van der Waals surface area (Å²) in [5.41, 5.74) is 1.44. The second kappa shape index (κ2) is 8.13. The molecule has 0 fully saturated rings. The fourth-order valence-electron chi connectivity index (χ4n) is 1.50. The monoisotopic (exact) mass is 265 g/mol. The van der Waals surface area contributed by atoms with Gasteiger partial charge in [-0.1, -0.05) is 24.2 Å². The van der Waals surface area contributed by atoms with Crippen LogP contribution >= 0.6 is 0 Å². The molecule has 0 saturated carbocycles. The summed E-state index contributed by atoms with van der Waals surface area (Å²) < 4.78 is 4.62. The van der Waals surface area contributed by atoms with Crippen LogP contribution in [0.5, 0.6) is 5.75 Å². The van der Waals surface area contributed by atoms with E-state index in [1.807, 2.05) is 13.0 Å². The quantitative estimate of drug-likeness (QED) is 0.355. The molecule has 1 aromatic carbocycles. The highest BCUT2D eigenvalue weighted by Gasteiger charge is 2.10. The number of esters is 1. The minimum atomic E-state index is -0.362. The Balaban J connectivity index is 2.72. The summed E-state index contributed by atoms with van der Waals surface area (Å²) in [4.78, 5) is 16.4. The standard InChI is InChI=1S/C14H19NO4/c1-3-7-19-15-12(10-14(17)18-2)8-11-5-4-6-13(16)9-11/h4-6,9,16H,3,7-8,10H2,1-2H3. The number of nitrogens with zero attached hydrogens (tertiary/aromatic N) is 1. The summed E-state index contributed by atoms with van der Waals surface area (Å²) in [6.45, 7) is 2.48.